The first-order valence-corrected chi connectivity index (χ1v) is 14.1. The first kappa shape index (κ1) is 23.4. The van der Waals surface area contributed by atoms with Crippen molar-refractivity contribution in [1.82, 2.24) is 0 Å². The summed E-state index contributed by atoms with van der Waals surface area (Å²) < 4.78 is 5.44. The minimum absolute atomic E-state index is 0.422. The summed E-state index contributed by atoms with van der Waals surface area (Å²) in [5, 5.41) is 21.7. The Morgan fingerprint density at radius 2 is 1.75 bits per heavy atom. The Balaban J connectivity index is 1.18. The molecule has 1 heterocycles. The lowest BCUT2D eigenvalue weighted by Gasteiger charge is -2.54. The van der Waals surface area contributed by atoms with E-state index in [1.165, 1.54) is 57.8 Å². The molecule has 5 rings (SSSR count). The molecule has 5 aliphatic rings. The SMILES string of the molecule is CC[C@]1(O)CC[C@H]2C(=CC[C@@H]3[C@@H]2CC[C@]2(C)[C@@H](CCCCC4(O)CCOCC4)CC[C@@H]32)C1. The van der Waals surface area contributed by atoms with Crippen molar-refractivity contribution in [2.45, 2.75) is 121 Å². The molecule has 182 valence electrons. The average Bonchev–Trinajstić information content (AvgIpc) is 3.13. The molecular weight excluding hydrogens is 396 g/mol. The number of hydrogen-bond donors (Lipinski definition) is 2. The number of allylic oxidation sites excluding steroid dienone is 1. The molecule has 2 N–H and O–H groups in total. The molecule has 32 heavy (non-hydrogen) atoms. The van der Waals surface area contributed by atoms with Gasteiger partial charge in [-0.15, -0.1) is 0 Å². The van der Waals surface area contributed by atoms with E-state index in [4.69, 9.17) is 4.74 Å². The summed E-state index contributed by atoms with van der Waals surface area (Å²) in [6, 6.07) is 0. The van der Waals surface area contributed by atoms with Gasteiger partial charge in [-0.25, -0.2) is 0 Å². The van der Waals surface area contributed by atoms with E-state index in [9.17, 15) is 10.2 Å². The van der Waals surface area contributed by atoms with Gasteiger partial charge in [0.2, 0.25) is 0 Å². The van der Waals surface area contributed by atoms with Gasteiger partial charge in [-0.2, -0.15) is 0 Å². The Labute approximate surface area is 196 Å². The first-order valence-electron chi connectivity index (χ1n) is 14.1. The first-order chi connectivity index (χ1) is 15.4. The molecule has 4 fully saturated rings. The van der Waals surface area contributed by atoms with Gasteiger partial charge in [0, 0.05) is 13.2 Å². The molecular formula is C29H48O3. The van der Waals surface area contributed by atoms with Crippen molar-refractivity contribution in [2.24, 2.45) is 35.0 Å². The second kappa shape index (κ2) is 9.00. The highest BCUT2D eigenvalue weighted by atomic mass is 16.5. The van der Waals surface area contributed by atoms with Crippen molar-refractivity contribution in [1.29, 1.82) is 0 Å². The molecule has 0 bridgehead atoms. The zero-order valence-corrected chi connectivity index (χ0v) is 20.8. The predicted molar refractivity (Wildman–Crippen MR) is 129 cm³/mol. The van der Waals surface area contributed by atoms with Crippen LogP contribution in [0.1, 0.15) is 110 Å². The van der Waals surface area contributed by atoms with Gasteiger partial charge >= 0.3 is 0 Å². The Bertz CT molecular complexity index is 695. The maximum atomic E-state index is 10.9. The molecule has 1 saturated heterocycles. The number of hydrogen-bond acceptors (Lipinski definition) is 3. The lowest BCUT2D eigenvalue weighted by molar-refractivity contribution is -0.0696. The van der Waals surface area contributed by atoms with Gasteiger partial charge in [0.1, 0.15) is 0 Å². The van der Waals surface area contributed by atoms with Crippen LogP contribution >= 0.6 is 0 Å². The number of ether oxygens (including phenoxy) is 1. The van der Waals surface area contributed by atoms with Crippen LogP contribution in [0.4, 0.5) is 0 Å². The van der Waals surface area contributed by atoms with Gasteiger partial charge in [0.15, 0.2) is 0 Å². The van der Waals surface area contributed by atoms with E-state index in [1.807, 2.05) is 0 Å². The standard InChI is InChI=1S/C29H48O3/c1-3-28(30)15-12-23-21(20-28)7-9-25-24(23)11-14-27(2)22(8-10-26(25)27)6-4-5-13-29(31)16-18-32-19-17-29/h7,22-26,30-31H,3-6,8-20H2,1-2H3/t22-,23-,24+,25+,26-,27+,28-/m0/s1. The molecule has 0 spiro atoms. The van der Waals surface area contributed by atoms with E-state index >= 15 is 0 Å². The second-order valence-corrected chi connectivity index (χ2v) is 12.8. The van der Waals surface area contributed by atoms with Crippen LogP contribution in [0.3, 0.4) is 0 Å². The van der Waals surface area contributed by atoms with Crippen LogP contribution in [0.15, 0.2) is 11.6 Å². The fourth-order valence-electron chi connectivity index (χ4n) is 9.10. The summed E-state index contributed by atoms with van der Waals surface area (Å²) in [4.78, 5) is 0. The lowest BCUT2D eigenvalue weighted by atomic mass is 9.51. The third-order valence-corrected chi connectivity index (χ3v) is 11.3. The highest BCUT2D eigenvalue weighted by molar-refractivity contribution is 5.22. The second-order valence-electron chi connectivity index (χ2n) is 12.8. The van der Waals surface area contributed by atoms with Crippen LogP contribution in [0.25, 0.3) is 0 Å². The van der Waals surface area contributed by atoms with Gasteiger partial charge in [-0.3, -0.25) is 0 Å². The molecule has 0 radical (unpaired) electrons. The minimum atomic E-state index is -0.450. The summed E-state index contributed by atoms with van der Waals surface area (Å²) >= 11 is 0. The molecule has 0 aromatic carbocycles. The minimum Gasteiger partial charge on any atom is -0.390 e. The van der Waals surface area contributed by atoms with Crippen LogP contribution in [0, 0.1) is 35.0 Å². The molecule has 0 aromatic heterocycles. The van der Waals surface area contributed by atoms with Crippen molar-refractivity contribution < 1.29 is 14.9 Å². The molecule has 0 aromatic rings. The Morgan fingerprint density at radius 3 is 2.53 bits per heavy atom. The Kier molecular flexibility index (Phi) is 6.58. The number of aliphatic hydroxyl groups is 2. The van der Waals surface area contributed by atoms with Crippen LogP contribution in [0.2, 0.25) is 0 Å². The van der Waals surface area contributed by atoms with E-state index in [2.05, 4.69) is 19.9 Å². The highest BCUT2D eigenvalue weighted by Crippen LogP contribution is 2.64. The summed E-state index contributed by atoms with van der Waals surface area (Å²) in [6.45, 7) is 6.27. The van der Waals surface area contributed by atoms with E-state index in [0.717, 1.165) is 81.3 Å². The third-order valence-electron chi connectivity index (χ3n) is 11.3. The van der Waals surface area contributed by atoms with Gasteiger partial charge in [0.05, 0.1) is 11.2 Å². The summed E-state index contributed by atoms with van der Waals surface area (Å²) in [7, 11) is 0. The van der Waals surface area contributed by atoms with Crippen molar-refractivity contribution in [3.05, 3.63) is 11.6 Å². The quantitative estimate of drug-likeness (QED) is 0.367. The van der Waals surface area contributed by atoms with Crippen LogP contribution < -0.4 is 0 Å². The predicted octanol–water partition coefficient (Wildman–Crippen LogP) is 6.42. The summed E-state index contributed by atoms with van der Waals surface area (Å²) in [5.41, 5.74) is 1.29. The van der Waals surface area contributed by atoms with Gasteiger partial charge < -0.3 is 14.9 Å². The maximum Gasteiger partial charge on any atom is 0.0691 e. The number of fused-ring (bicyclic) bond motifs is 5. The normalized spacial score (nSPS) is 45.5. The zero-order chi connectivity index (χ0) is 22.4. The van der Waals surface area contributed by atoms with Crippen molar-refractivity contribution in [2.75, 3.05) is 13.2 Å². The van der Waals surface area contributed by atoms with Gasteiger partial charge in [0.25, 0.3) is 0 Å². The Morgan fingerprint density at radius 1 is 0.938 bits per heavy atom. The zero-order valence-electron chi connectivity index (χ0n) is 20.8. The van der Waals surface area contributed by atoms with Crippen molar-refractivity contribution in [3.8, 4) is 0 Å². The Hall–Kier alpha value is -0.380. The lowest BCUT2D eigenvalue weighted by Crippen LogP contribution is -2.47. The van der Waals surface area contributed by atoms with Crippen LogP contribution in [-0.2, 0) is 4.74 Å². The smallest absolute Gasteiger partial charge is 0.0691 e. The fourth-order valence-corrected chi connectivity index (χ4v) is 9.10. The van der Waals surface area contributed by atoms with E-state index in [-0.39, 0.29) is 0 Å². The monoisotopic (exact) mass is 444 g/mol. The van der Waals surface area contributed by atoms with Gasteiger partial charge in [-0.1, -0.05) is 38.3 Å². The van der Waals surface area contributed by atoms with Crippen molar-refractivity contribution >= 4 is 0 Å². The molecule has 3 nitrogen and oxygen atoms in total. The molecule has 3 heteroatoms. The van der Waals surface area contributed by atoms with E-state index in [0.29, 0.717) is 5.41 Å². The molecule has 7 atom stereocenters. The molecule has 1 aliphatic heterocycles. The topological polar surface area (TPSA) is 49.7 Å². The molecule has 4 aliphatic carbocycles. The molecule has 0 unspecified atom stereocenters. The van der Waals surface area contributed by atoms with E-state index < -0.39 is 11.2 Å². The van der Waals surface area contributed by atoms with Crippen LogP contribution in [0.5, 0.6) is 0 Å². The average molecular weight is 445 g/mol. The molecule has 0 amide bonds. The van der Waals surface area contributed by atoms with Gasteiger partial charge in [-0.05, 0) is 118 Å². The van der Waals surface area contributed by atoms with E-state index in [1.54, 1.807) is 5.57 Å². The number of unbranched alkanes of at least 4 members (excludes halogenated alkanes) is 1. The maximum absolute atomic E-state index is 10.9. The summed E-state index contributed by atoms with van der Waals surface area (Å²) in [5.74, 6) is 4.35. The number of rotatable bonds is 6. The fraction of sp³-hybridized carbons (Fsp3) is 0.931. The summed E-state index contributed by atoms with van der Waals surface area (Å²) in [6.07, 6.45) is 20.1. The highest BCUT2D eigenvalue weighted by Gasteiger charge is 2.56. The third kappa shape index (κ3) is 4.24. The van der Waals surface area contributed by atoms with Crippen molar-refractivity contribution in [3.63, 3.8) is 0 Å². The largest absolute Gasteiger partial charge is 0.390 e. The van der Waals surface area contributed by atoms with Crippen LogP contribution in [-0.4, -0.2) is 34.6 Å². The molecule has 3 saturated carbocycles.